The van der Waals surface area contributed by atoms with Crippen LogP contribution in [0.4, 0.5) is 0 Å². The number of hydrogen-bond donors (Lipinski definition) is 0. The summed E-state index contributed by atoms with van der Waals surface area (Å²) in [6.45, 7) is 0. The maximum absolute atomic E-state index is 8.44. The van der Waals surface area contributed by atoms with Crippen molar-refractivity contribution >= 4 is 22.4 Å². The van der Waals surface area contributed by atoms with E-state index in [2.05, 4.69) is 0 Å². The van der Waals surface area contributed by atoms with Crippen LogP contribution in [-0.4, -0.2) is 0 Å². The van der Waals surface area contributed by atoms with Crippen molar-refractivity contribution in [2.24, 2.45) is 0 Å². The first-order valence-corrected chi connectivity index (χ1v) is 5.07. The molecule has 0 unspecified atom stereocenters. The first kappa shape index (κ1) is 3.86. The zero-order valence-corrected chi connectivity index (χ0v) is 9.13. The van der Waals surface area contributed by atoms with Gasteiger partial charge in [0, 0.05) is 5.02 Å². The summed E-state index contributed by atoms with van der Waals surface area (Å²) >= 11 is 5.87. The summed E-state index contributed by atoms with van der Waals surface area (Å²) in [4.78, 5) is 0. The molecule has 0 aromatic heterocycles. The average molecular weight is 250 g/mol. The van der Waals surface area contributed by atoms with E-state index in [1.54, 1.807) is 0 Å². The van der Waals surface area contributed by atoms with Crippen LogP contribution in [0.3, 0.4) is 0 Å². The van der Waals surface area contributed by atoms with Gasteiger partial charge in [-0.1, -0.05) is 59.9 Å². The van der Waals surface area contributed by atoms with Crippen LogP contribution in [0.2, 0.25) is 5.02 Å². The molecule has 1 heteroatoms. The highest BCUT2D eigenvalue weighted by atomic mass is 35.5. The van der Waals surface area contributed by atoms with E-state index in [9.17, 15) is 0 Å². The summed E-state index contributed by atoms with van der Waals surface area (Å²) in [6, 6.07) is -6.58. The summed E-state index contributed by atoms with van der Waals surface area (Å²) in [5.41, 5.74) is -0.868. The van der Waals surface area contributed by atoms with Crippen molar-refractivity contribution in [3.05, 3.63) is 71.5 Å². The quantitative estimate of drug-likeness (QED) is 0.559. The van der Waals surface area contributed by atoms with Gasteiger partial charge in [-0.3, -0.25) is 0 Å². The molecule has 0 saturated carbocycles. The molecule has 0 atom stereocenters. The van der Waals surface area contributed by atoms with E-state index in [1.807, 2.05) is 0 Å². The summed E-state index contributed by atoms with van der Waals surface area (Å²) < 4.78 is 88.3. The zero-order valence-electron chi connectivity index (χ0n) is 19.4. The first-order valence-electron chi connectivity index (χ1n) is 10.2. The maximum Gasteiger partial charge on any atom is 0.0645 e. The van der Waals surface area contributed by atoms with Crippen molar-refractivity contribution < 1.29 is 15.1 Å². The summed E-state index contributed by atoms with van der Waals surface area (Å²) in [5.74, 6) is 0. The molecular formula is C16H11Cl. The number of fused-ring (bicyclic) bond motifs is 1. The van der Waals surface area contributed by atoms with Crippen LogP contribution < -0.4 is 0 Å². The Morgan fingerprint density at radius 3 is 2.24 bits per heavy atom. The standard InChI is InChI=1S/C16H11Cl/c17-16-9-8-14-10-13(6-7-15(14)11-16)12-4-2-1-3-5-12/h1-11H/i1D,2D,3D,4D,5D,6D,7D,8D,9D,10D,11D. The van der Waals surface area contributed by atoms with E-state index in [-0.39, 0.29) is 15.8 Å². The minimum absolute atomic E-state index is 0.267. The Labute approximate surface area is 121 Å². The Morgan fingerprint density at radius 2 is 1.41 bits per heavy atom. The fourth-order valence-electron chi connectivity index (χ4n) is 1.35. The largest absolute Gasteiger partial charge is 0.0843 e. The van der Waals surface area contributed by atoms with E-state index < -0.39 is 77.6 Å². The molecular weight excluding hydrogens is 228 g/mol. The molecule has 0 N–H and O–H groups in total. The van der Waals surface area contributed by atoms with Gasteiger partial charge in [-0.15, -0.1) is 0 Å². The molecule has 3 aromatic carbocycles. The number of hydrogen-bond acceptors (Lipinski definition) is 0. The molecule has 0 saturated heterocycles. The van der Waals surface area contributed by atoms with E-state index in [0.29, 0.717) is 0 Å². The van der Waals surface area contributed by atoms with Crippen LogP contribution in [0.25, 0.3) is 21.9 Å². The Bertz CT molecular complexity index is 1160. The van der Waals surface area contributed by atoms with Gasteiger partial charge in [-0.25, -0.2) is 0 Å². The smallest absolute Gasteiger partial charge is 0.0645 e. The van der Waals surface area contributed by atoms with Crippen molar-refractivity contribution in [2.45, 2.75) is 0 Å². The Kier molecular flexibility index (Phi) is 0.960. The maximum atomic E-state index is 8.44. The molecule has 3 aromatic rings. The SMILES string of the molecule is [2H]c1c([2H])c([2H])c(-c2c([2H])c([2H])c3c([2H])c(Cl)c([2H])c([2H])c3c2[2H])c([2H])c1[2H]. The van der Waals surface area contributed by atoms with E-state index in [1.165, 1.54) is 0 Å². The van der Waals surface area contributed by atoms with E-state index >= 15 is 0 Å². The minimum atomic E-state index is -0.661. The van der Waals surface area contributed by atoms with Gasteiger partial charge in [0.05, 0.1) is 15.1 Å². The second kappa shape index (κ2) is 4.23. The molecule has 0 heterocycles. The molecule has 17 heavy (non-hydrogen) atoms. The van der Waals surface area contributed by atoms with Gasteiger partial charge in [0.1, 0.15) is 0 Å². The topological polar surface area (TPSA) is 0 Å². The molecule has 0 amide bonds. The number of halogens is 1. The summed E-state index contributed by atoms with van der Waals surface area (Å²) in [6.07, 6.45) is 0. The van der Waals surface area contributed by atoms with Crippen LogP contribution in [-0.2, 0) is 0 Å². The third kappa shape index (κ3) is 2.04. The van der Waals surface area contributed by atoms with E-state index in [4.69, 9.17) is 26.7 Å². The number of rotatable bonds is 1. The van der Waals surface area contributed by atoms with Gasteiger partial charge in [-0.05, 0) is 40.0 Å². The van der Waals surface area contributed by atoms with Crippen LogP contribution in [0.5, 0.6) is 0 Å². The highest BCUT2D eigenvalue weighted by Crippen LogP contribution is 2.26. The van der Waals surface area contributed by atoms with Crippen LogP contribution in [0, 0.1) is 0 Å². The molecule has 0 nitrogen and oxygen atoms in total. The van der Waals surface area contributed by atoms with Crippen molar-refractivity contribution in [1.29, 1.82) is 0 Å². The zero-order chi connectivity index (χ0) is 21.2. The lowest BCUT2D eigenvalue weighted by molar-refractivity contribution is 1.64. The lowest BCUT2D eigenvalue weighted by Gasteiger charge is -2.04. The molecule has 0 radical (unpaired) electrons. The summed E-state index contributed by atoms with van der Waals surface area (Å²) in [7, 11) is 0. The average Bonchev–Trinajstić information content (AvgIpc) is 2.66. The molecule has 0 fully saturated rings. The Hall–Kier alpha value is -1.79. The van der Waals surface area contributed by atoms with Gasteiger partial charge < -0.3 is 0 Å². The molecule has 0 bridgehead atoms. The normalized spacial score (nSPS) is 19.7. The second-order valence-corrected chi connectivity index (χ2v) is 3.57. The molecule has 82 valence electrons. The first-order chi connectivity index (χ1) is 12.9. The third-order valence-electron chi connectivity index (χ3n) is 2.09. The number of benzene rings is 3. The fourth-order valence-corrected chi connectivity index (χ4v) is 1.49. The van der Waals surface area contributed by atoms with Gasteiger partial charge in [0.2, 0.25) is 0 Å². The van der Waals surface area contributed by atoms with Gasteiger partial charge >= 0.3 is 0 Å². The van der Waals surface area contributed by atoms with Crippen molar-refractivity contribution in [2.75, 3.05) is 0 Å². The van der Waals surface area contributed by atoms with Crippen molar-refractivity contribution in [3.8, 4) is 11.1 Å². The van der Waals surface area contributed by atoms with Gasteiger partial charge in [0.25, 0.3) is 0 Å². The molecule has 3 rings (SSSR count). The highest BCUT2D eigenvalue weighted by molar-refractivity contribution is 6.31. The molecule has 0 aliphatic rings. The molecule has 0 spiro atoms. The van der Waals surface area contributed by atoms with Gasteiger partial charge in [0.15, 0.2) is 0 Å². The van der Waals surface area contributed by atoms with Crippen molar-refractivity contribution in [3.63, 3.8) is 0 Å². The monoisotopic (exact) mass is 249 g/mol. The van der Waals surface area contributed by atoms with E-state index in [0.717, 1.165) is 0 Å². The Balaban J connectivity index is 2.64. The Morgan fingerprint density at radius 1 is 0.706 bits per heavy atom. The minimum Gasteiger partial charge on any atom is -0.0843 e. The lowest BCUT2D eigenvalue weighted by Crippen LogP contribution is -1.78. The third-order valence-corrected chi connectivity index (χ3v) is 2.28. The van der Waals surface area contributed by atoms with Crippen LogP contribution in [0.15, 0.2) is 66.5 Å². The van der Waals surface area contributed by atoms with Crippen LogP contribution in [0.1, 0.15) is 15.1 Å². The molecule has 0 aliphatic heterocycles. The fraction of sp³-hybridized carbons (Fsp3) is 0. The van der Waals surface area contributed by atoms with Crippen LogP contribution >= 0.6 is 11.6 Å². The van der Waals surface area contributed by atoms with Crippen molar-refractivity contribution in [1.82, 2.24) is 0 Å². The highest BCUT2D eigenvalue weighted by Gasteiger charge is 1.99. The predicted molar refractivity (Wildman–Crippen MR) is 74.4 cm³/mol. The summed E-state index contributed by atoms with van der Waals surface area (Å²) in [5, 5.41) is -0.959. The molecule has 0 aliphatic carbocycles. The lowest BCUT2D eigenvalue weighted by atomic mass is 10.0. The predicted octanol–water partition coefficient (Wildman–Crippen LogP) is 5.16. The van der Waals surface area contributed by atoms with Gasteiger partial charge in [-0.2, -0.15) is 0 Å². The second-order valence-electron chi connectivity index (χ2n) is 3.19.